The van der Waals surface area contributed by atoms with Gasteiger partial charge in [-0.05, 0) is 70.2 Å². The van der Waals surface area contributed by atoms with Crippen molar-refractivity contribution in [2.75, 3.05) is 4.90 Å². The van der Waals surface area contributed by atoms with Crippen molar-refractivity contribution in [3.63, 3.8) is 0 Å². The van der Waals surface area contributed by atoms with Gasteiger partial charge in [0.1, 0.15) is 11.2 Å². The van der Waals surface area contributed by atoms with Gasteiger partial charge in [0.15, 0.2) is 5.82 Å². The first-order valence-electron chi connectivity index (χ1n) is 6.87. The Bertz CT molecular complexity index is 580. The number of pyridine rings is 1. The number of aromatic nitrogens is 1. The Kier molecular flexibility index (Phi) is 6.25. The maximum atomic E-state index is 12.4. The second-order valence-corrected chi connectivity index (χ2v) is 8.41. The number of nitrogens with zero attached hydrogens (tertiary/aromatic N) is 2. The molecule has 1 rings (SSSR count). The quantitative estimate of drug-likeness (QED) is 0.558. The number of carbonyl (C=O) groups is 2. The molecule has 0 aromatic carbocycles. The zero-order valence-corrected chi connectivity index (χ0v) is 16.9. The summed E-state index contributed by atoms with van der Waals surface area (Å²) in [4.78, 5) is 29.6. The van der Waals surface area contributed by atoms with Crippen molar-refractivity contribution in [3.8, 4) is 0 Å². The molecule has 0 saturated heterocycles. The van der Waals surface area contributed by atoms with E-state index in [1.165, 1.54) is 6.20 Å². The minimum atomic E-state index is -0.901. The van der Waals surface area contributed by atoms with Crippen LogP contribution >= 0.6 is 34.2 Å². The van der Waals surface area contributed by atoms with Crippen molar-refractivity contribution in [1.82, 2.24) is 4.98 Å². The van der Waals surface area contributed by atoms with Gasteiger partial charge in [0, 0.05) is 9.77 Å². The van der Waals surface area contributed by atoms with E-state index in [9.17, 15) is 9.59 Å². The average Bonchev–Trinajstić information content (AvgIpc) is 2.27. The van der Waals surface area contributed by atoms with E-state index in [1.54, 1.807) is 47.6 Å². The topological polar surface area (TPSA) is 68.7 Å². The number of anilines is 1. The van der Waals surface area contributed by atoms with Gasteiger partial charge in [0.2, 0.25) is 0 Å². The zero-order valence-electron chi connectivity index (χ0n) is 13.9. The van der Waals surface area contributed by atoms with Crippen LogP contribution in [-0.4, -0.2) is 28.4 Å². The van der Waals surface area contributed by atoms with E-state index < -0.39 is 23.4 Å². The standard InChI is InChI=1S/C15H20ClIN2O4/c1-14(2,3)22-12(20)19(13(21)23-15(4,5)6)11-10(16)7-9(17)8-18-11/h7-8H,1-6H3. The number of hydrogen-bond acceptors (Lipinski definition) is 5. The third kappa shape index (κ3) is 6.50. The minimum absolute atomic E-state index is 0.0319. The fourth-order valence-corrected chi connectivity index (χ4v) is 2.32. The van der Waals surface area contributed by atoms with Gasteiger partial charge in [0.25, 0.3) is 0 Å². The first-order valence-corrected chi connectivity index (χ1v) is 8.33. The highest BCUT2D eigenvalue weighted by Crippen LogP contribution is 2.28. The zero-order chi connectivity index (χ0) is 18.0. The van der Waals surface area contributed by atoms with Crippen LogP contribution in [0.4, 0.5) is 15.4 Å². The number of halogens is 2. The summed E-state index contributed by atoms with van der Waals surface area (Å²) in [5.41, 5.74) is -1.57. The molecule has 0 N–H and O–H groups in total. The van der Waals surface area contributed by atoms with Gasteiger partial charge in [-0.3, -0.25) is 0 Å². The predicted octanol–water partition coefficient (Wildman–Crippen LogP) is 5.02. The molecule has 1 heterocycles. The van der Waals surface area contributed by atoms with Gasteiger partial charge in [-0.25, -0.2) is 14.6 Å². The predicted molar refractivity (Wildman–Crippen MR) is 96.9 cm³/mol. The largest absolute Gasteiger partial charge is 0.443 e. The molecule has 0 aliphatic rings. The summed E-state index contributed by atoms with van der Waals surface area (Å²) in [6.45, 7) is 10.2. The Morgan fingerprint density at radius 1 is 1.09 bits per heavy atom. The van der Waals surface area contributed by atoms with E-state index in [4.69, 9.17) is 21.1 Å². The molecule has 0 atom stereocenters. The number of imide groups is 1. The molecular formula is C15H20ClIN2O4. The third-order valence-corrected chi connectivity index (χ3v) is 3.02. The Morgan fingerprint density at radius 2 is 1.52 bits per heavy atom. The normalized spacial score (nSPS) is 11.8. The molecule has 0 radical (unpaired) electrons. The fraction of sp³-hybridized carbons (Fsp3) is 0.533. The summed E-state index contributed by atoms with van der Waals surface area (Å²) in [6.07, 6.45) is -0.312. The van der Waals surface area contributed by atoms with E-state index in [0.717, 1.165) is 3.57 Å². The first-order chi connectivity index (χ1) is 10.3. The van der Waals surface area contributed by atoms with Crippen LogP contribution in [0.2, 0.25) is 5.02 Å². The highest BCUT2D eigenvalue weighted by atomic mass is 127. The Hall–Kier alpha value is -1.09. The Morgan fingerprint density at radius 3 is 1.87 bits per heavy atom. The molecule has 128 valence electrons. The molecule has 0 unspecified atom stereocenters. The first kappa shape index (κ1) is 20.0. The lowest BCUT2D eigenvalue weighted by molar-refractivity contribution is 0.0429. The van der Waals surface area contributed by atoms with Crippen LogP contribution in [0.15, 0.2) is 12.3 Å². The van der Waals surface area contributed by atoms with E-state index in [1.807, 2.05) is 22.6 Å². The van der Waals surface area contributed by atoms with Gasteiger partial charge in [-0.1, -0.05) is 11.6 Å². The van der Waals surface area contributed by atoms with Gasteiger partial charge in [0.05, 0.1) is 5.02 Å². The SMILES string of the molecule is CC(C)(C)OC(=O)N(C(=O)OC(C)(C)C)c1ncc(I)cc1Cl. The summed E-state index contributed by atoms with van der Waals surface area (Å²) in [5, 5.41) is 0.147. The van der Waals surface area contributed by atoms with Crippen LogP contribution in [0.3, 0.4) is 0 Å². The molecule has 0 bridgehead atoms. The summed E-state index contributed by atoms with van der Waals surface area (Å²) in [5.74, 6) is -0.0319. The van der Waals surface area contributed by atoms with Gasteiger partial charge < -0.3 is 9.47 Å². The molecule has 2 amide bonds. The third-order valence-electron chi connectivity index (χ3n) is 2.15. The van der Waals surface area contributed by atoms with Crippen molar-refractivity contribution in [3.05, 3.63) is 20.9 Å². The van der Waals surface area contributed by atoms with Gasteiger partial charge in [-0.2, -0.15) is 4.90 Å². The van der Waals surface area contributed by atoms with Crippen LogP contribution in [0.25, 0.3) is 0 Å². The van der Waals surface area contributed by atoms with E-state index in [0.29, 0.717) is 4.90 Å². The number of hydrogen-bond donors (Lipinski definition) is 0. The van der Waals surface area contributed by atoms with Crippen LogP contribution in [0, 0.1) is 3.57 Å². The maximum Gasteiger partial charge on any atom is 0.425 e. The summed E-state index contributed by atoms with van der Waals surface area (Å²) < 4.78 is 11.3. The van der Waals surface area contributed by atoms with Crippen LogP contribution in [0.5, 0.6) is 0 Å². The molecule has 8 heteroatoms. The van der Waals surface area contributed by atoms with Crippen LogP contribution in [-0.2, 0) is 9.47 Å². The average molecular weight is 455 g/mol. The molecular weight excluding hydrogens is 435 g/mol. The molecule has 0 aliphatic carbocycles. The molecule has 0 aliphatic heterocycles. The van der Waals surface area contributed by atoms with E-state index in [-0.39, 0.29) is 10.8 Å². The number of ether oxygens (including phenoxy) is 2. The molecule has 0 spiro atoms. The van der Waals surface area contributed by atoms with Crippen molar-refractivity contribution < 1.29 is 19.1 Å². The molecule has 0 saturated carbocycles. The van der Waals surface area contributed by atoms with Crippen molar-refractivity contribution in [2.24, 2.45) is 0 Å². The summed E-state index contributed by atoms with van der Waals surface area (Å²) >= 11 is 8.16. The second-order valence-electron chi connectivity index (χ2n) is 6.76. The Balaban J connectivity index is 3.25. The lowest BCUT2D eigenvalue weighted by Crippen LogP contribution is -2.44. The highest BCUT2D eigenvalue weighted by molar-refractivity contribution is 14.1. The van der Waals surface area contributed by atoms with Crippen molar-refractivity contribution >= 4 is 52.2 Å². The summed E-state index contributed by atoms with van der Waals surface area (Å²) in [6, 6.07) is 1.59. The molecule has 6 nitrogen and oxygen atoms in total. The van der Waals surface area contributed by atoms with Gasteiger partial charge in [-0.15, -0.1) is 0 Å². The molecule has 23 heavy (non-hydrogen) atoms. The maximum absolute atomic E-state index is 12.4. The minimum Gasteiger partial charge on any atom is -0.443 e. The van der Waals surface area contributed by atoms with Crippen LogP contribution < -0.4 is 4.90 Å². The second kappa shape index (κ2) is 7.21. The molecule has 1 aromatic heterocycles. The highest BCUT2D eigenvalue weighted by Gasteiger charge is 2.34. The van der Waals surface area contributed by atoms with Crippen molar-refractivity contribution in [1.29, 1.82) is 0 Å². The Labute approximate surface area is 154 Å². The monoisotopic (exact) mass is 454 g/mol. The molecule has 1 aromatic rings. The number of amides is 2. The van der Waals surface area contributed by atoms with E-state index in [2.05, 4.69) is 4.98 Å². The lowest BCUT2D eigenvalue weighted by atomic mass is 10.2. The molecule has 0 fully saturated rings. The van der Waals surface area contributed by atoms with Crippen LogP contribution in [0.1, 0.15) is 41.5 Å². The van der Waals surface area contributed by atoms with Gasteiger partial charge >= 0.3 is 12.2 Å². The van der Waals surface area contributed by atoms with E-state index >= 15 is 0 Å². The number of rotatable bonds is 1. The lowest BCUT2D eigenvalue weighted by Gasteiger charge is -2.28. The number of carbonyl (C=O) groups excluding carboxylic acids is 2. The van der Waals surface area contributed by atoms with Crippen molar-refractivity contribution in [2.45, 2.75) is 52.7 Å². The fourth-order valence-electron chi connectivity index (χ4n) is 1.43. The summed E-state index contributed by atoms with van der Waals surface area (Å²) in [7, 11) is 0. The smallest absolute Gasteiger partial charge is 0.425 e.